The van der Waals surface area contributed by atoms with Crippen LogP contribution in [0.15, 0.2) is 16.6 Å². The van der Waals surface area contributed by atoms with E-state index < -0.39 is 12.1 Å². The van der Waals surface area contributed by atoms with Crippen LogP contribution in [-0.4, -0.2) is 29.4 Å². The fourth-order valence-corrected chi connectivity index (χ4v) is 1.36. The molecule has 0 saturated carbocycles. The van der Waals surface area contributed by atoms with Crippen molar-refractivity contribution >= 4 is 18.1 Å². The Balaban J connectivity index is 2.72. The van der Waals surface area contributed by atoms with Gasteiger partial charge < -0.3 is 10.4 Å². The lowest BCUT2D eigenvalue weighted by Crippen LogP contribution is -2.40. The molecule has 0 saturated heterocycles. The van der Waals surface area contributed by atoms with Gasteiger partial charge in [-0.2, -0.15) is 0 Å². The van der Waals surface area contributed by atoms with Gasteiger partial charge in [-0.05, 0) is 6.08 Å². The van der Waals surface area contributed by atoms with Crippen molar-refractivity contribution < 1.29 is 14.7 Å². The quantitative estimate of drug-likeness (QED) is 0.714. The van der Waals surface area contributed by atoms with Crippen LogP contribution < -0.4 is 5.32 Å². The first kappa shape index (κ1) is 11.4. The van der Waals surface area contributed by atoms with Gasteiger partial charge in [-0.15, -0.1) is 0 Å². The molecule has 5 heteroatoms. The van der Waals surface area contributed by atoms with Crippen LogP contribution in [0.3, 0.4) is 0 Å². The largest absolute Gasteiger partial charge is 0.478 e. The number of dihydropyridines is 1. The van der Waals surface area contributed by atoms with Gasteiger partial charge in [-0.25, -0.2) is 4.79 Å². The standard InChI is InChI=1S/C10H14N2O3/c1-3-8(13)12-9-6(2)7(10(14)15)4-5-11-9/h4-6,9H,3H2,1-2H3,(H,12,13)(H,14,15). The van der Waals surface area contributed by atoms with E-state index in [-0.39, 0.29) is 17.4 Å². The Labute approximate surface area is 87.9 Å². The summed E-state index contributed by atoms with van der Waals surface area (Å²) < 4.78 is 0. The number of carboxylic acids is 1. The van der Waals surface area contributed by atoms with Crippen molar-refractivity contribution in [3.63, 3.8) is 0 Å². The van der Waals surface area contributed by atoms with E-state index in [0.29, 0.717) is 6.42 Å². The molecule has 0 aliphatic carbocycles. The number of allylic oxidation sites excluding steroid dienone is 1. The zero-order valence-corrected chi connectivity index (χ0v) is 8.73. The number of carbonyl (C=O) groups excluding carboxylic acids is 1. The first-order chi connectivity index (χ1) is 7.06. The number of rotatable bonds is 3. The second-order valence-corrected chi connectivity index (χ2v) is 3.38. The molecule has 0 aromatic carbocycles. The molecule has 2 unspecified atom stereocenters. The van der Waals surface area contributed by atoms with Crippen molar-refractivity contribution in [1.29, 1.82) is 0 Å². The summed E-state index contributed by atoms with van der Waals surface area (Å²) in [5, 5.41) is 11.5. The van der Waals surface area contributed by atoms with Gasteiger partial charge in [0.1, 0.15) is 6.17 Å². The van der Waals surface area contributed by atoms with Crippen molar-refractivity contribution in [1.82, 2.24) is 5.32 Å². The number of hydrogen-bond donors (Lipinski definition) is 2. The van der Waals surface area contributed by atoms with Crippen molar-refractivity contribution in [3.05, 3.63) is 11.6 Å². The number of carboxylic acid groups (broad SMARTS) is 1. The van der Waals surface area contributed by atoms with Gasteiger partial charge in [0.05, 0.1) is 0 Å². The fourth-order valence-electron chi connectivity index (χ4n) is 1.36. The zero-order valence-electron chi connectivity index (χ0n) is 8.73. The monoisotopic (exact) mass is 210 g/mol. The molecular formula is C10H14N2O3. The van der Waals surface area contributed by atoms with E-state index in [1.165, 1.54) is 12.3 Å². The number of amides is 1. The minimum Gasteiger partial charge on any atom is -0.478 e. The van der Waals surface area contributed by atoms with Gasteiger partial charge in [0.15, 0.2) is 0 Å². The summed E-state index contributed by atoms with van der Waals surface area (Å²) in [7, 11) is 0. The topological polar surface area (TPSA) is 78.8 Å². The predicted octanol–water partition coefficient (Wildman–Crippen LogP) is 0.570. The van der Waals surface area contributed by atoms with Crippen LogP contribution in [0.5, 0.6) is 0 Å². The number of nitrogens with one attached hydrogen (secondary N) is 1. The maximum Gasteiger partial charge on any atom is 0.332 e. The third kappa shape index (κ3) is 2.65. The van der Waals surface area contributed by atoms with Crippen molar-refractivity contribution in [2.45, 2.75) is 26.4 Å². The van der Waals surface area contributed by atoms with Crippen LogP contribution in [0.2, 0.25) is 0 Å². The summed E-state index contributed by atoms with van der Waals surface area (Å²) in [5.41, 5.74) is 0.270. The molecule has 0 fully saturated rings. The molecular weight excluding hydrogens is 196 g/mol. The van der Waals surface area contributed by atoms with E-state index in [2.05, 4.69) is 10.3 Å². The molecule has 82 valence electrons. The summed E-state index contributed by atoms with van der Waals surface area (Å²) in [6, 6.07) is 0. The molecule has 15 heavy (non-hydrogen) atoms. The van der Waals surface area contributed by atoms with Crippen LogP contribution >= 0.6 is 0 Å². The Morgan fingerprint density at radius 1 is 1.60 bits per heavy atom. The molecule has 0 bridgehead atoms. The maximum absolute atomic E-state index is 11.2. The molecule has 1 rings (SSSR count). The second kappa shape index (κ2) is 4.72. The molecule has 0 aromatic heterocycles. The van der Waals surface area contributed by atoms with Gasteiger partial charge >= 0.3 is 5.97 Å². The van der Waals surface area contributed by atoms with Crippen LogP contribution in [0, 0.1) is 5.92 Å². The summed E-state index contributed by atoms with van der Waals surface area (Å²) >= 11 is 0. The number of nitrogens with zero attached hydrogens (tertiary/aromatic N) is 1. The smallest absolute Gasteiger partial charge is 0.332 e. The van der Waals surface area contributed by atoms with Crippen LogP contribution in [0.1, 0.15) is 20.3 Å². The fraction of sp³-hybridized carbons (Fsp3) is 0.500. The Hall–Kier alpha value is -1.65. The number of aliphatic carboxylic acids is 1. The lowest BCUT2D eigenvalue weighted by molar-refractivity contribution is -0.133. The average Bonchev–Trinajstić information content (AvgIpc) is 2.20. The van der Waals surface area contributed by atoms with E-state index in [1.807, 2.05) is 0 Å². The van der Waals surface area contributed by atoms with Gasteiger partial charge in [-0.3, -0.25) is 9.79 Å². The highest BCUT2D eigenvalue weighted by Crippen LogP contribution is 2.19. The first-order valence-corrected chi connectivity index (χ1v) is 4.82. The van der Waals surface area contributed by atoms with Gasteiger partial charge in [0, 0.05) is 24.1 Å². The number of hydrogen-bond acceptors (Lipinski definition) is 3. The Morgan fingerprint density at radius 3 is 2.80 bits per heavy atom. The lowest BCUT2D eigenvalue weighted by Gasteiger charge is -2.24. The summed E-state index contributed by atoms with van der Waals surface area (Å²) in [4.78, 5) is 26.0. The van der Waals surface area contributed by atoms with E-state index in [9.17, 15) is 9.59 Å². The van der Waals surface area contributed by atoms with E-state index >= 15 is 0 Å². The Kier molecular flexibility index (Phi) is 3.60. The van der Waals surface area contributed by atoms with Gasteiger partial charge in [-0.1, -0.05) is 13.8 Å². The number of aliphatic imine (C=N–C) groups is 1. The van der Waals surface area contributed by atoms with Gasteiger partial charge in [0.25, 0.3) is 0 Å². The summed E-state index contributed by atoms with van der Waals surface area (Å²) in [5.74, 6) is -1.40. The number of carbonyl (C=O) groups is 2. The van der Waals surface area contributed by atoms with E-state index in [1.54, 1.807) is 13.8 Å². The molecule has 0 aromatic rings. The predicted molar refractivity (Wildman–Crippen MR) is 55.6 cm³/mol. The van der Waals surface area contributed by atoms with Crippen LogP contribution in [0.4, 0.5) is 0 Å². The Bertz CT molecular complexity index is 334. The molecule has 0 radical (unpaired) electrons. The molecule has 1 heterocycles. The minimum atomic E-state index is -0.968. The highest BCUT2D eigenvalue weighted by molar-refractivity contribution is 5.94. The average molecular weight is 210 g/mol. The van der Waals surface area contributed by atoms with Crippen LogP contribution in [0.25, 0.3) is 0 Å². The summed E-state index contributed by atoms with van der Waals surface area (Å²) in [6.07, 6.45) is 2.78. The highest BCUT2D eigenvalue weighted by Gasteiger charge is 2.27. The second-order valence-electron chi connectivity index (χ2n) is 3.38. The molecule has 1 aliphatic rings. The molecule has 0 spiro atoms. The zero-order chi connectivity index (χ0) is 11.4. The van der Waals surface area contributed by atoms with Crippen LogP contribution in [-0.2, 0) is 9.59 Å². The molecule has 2 atom stereocenters. The molecule has 1 aliphatic heterocycles. The molecule has 1 amide bonds. The van der Waals surface area contributed by atoms with E-state index in [4.69, 9.17) is 5.11 Å². The summed E-state index contributed by atoms with van der Waals surface area (Å²) in [6.45, 7) is 3.47. The highest BCUT2D eigenvalue weighted by atomic mass is 16.4. The lowest BCUT2D eigenvalue weighted by atomic mass is 9.96. The van der Waals surface area contributed by atoms with Crippen molar-refractivity contribution in [2.75, 3.05) is 0 Å². The maximum atomic E-state index is 11.2. The van der Waals surface area contributed by atoms with E-state index in [0.717, 1.165) is 0 Å². The Morgan fingerprint density at radius 2 is 2.27 bits per heavy atom. The normalized spacial score (nSPS) is 24.5. The van der Waals surface area contributed by atoms with Crippen molar-refractivity contribution in [2.24, 2.45) is 10.9 Å². The van der Waals surface area contributed by atoms with Crippen molar-refractivity contribution in [3.8, 4) is 0 Å². The SMILES string of the molecule is CCC(=O)NC1N=CC=C(C(=O)O)C1C. The first-order valence-electron chi connectivity index (χ1n) is 4.82. The minimum absolute atomic E-state index is 0.129. The van der Waals surface area contributed by atoms with Gasteiger partial charge in [0.2, 0.25) is 5.91 Å². The third-order valence-electron chi connectivity index (χ3n) is 2.34. The molecule has 2 N–H and O–H groups in total. The third-order valence-corrected chi connectivity index (χ3v) is 2.34. The molecule has 5 nitrogen and oxygen atoms in total.